The lowest BCUT2D eigenvalue weighted by Crippen LogP contribution is -2.61. The van der Waals surface area contributed by atoms with E-state index in [0.29, 0.717) is 22.7 Å². The minimum atomic E-state index is -0.847. The quantitative estimate of drug-likeness (QED) is 0.155. The van der Waals surface area contributed by atoms with Crippen LogP contribution in [0.5, 0.6) is 0 Å². The minimum absolute atomic E-state index is 0.0807. The summed E-state index contributed by atoms with van der Waals surface area (Å²) < 4.78 is 161. The van der Waals surface area contributed by atoms with Crippen molar-refractivity contribution in [2.45, 2.75) is 105 Å². The second kappa shape index (κ2) is 24.4. The number of fused-ring (bicyclic) bond motifs is 20. The van der Waals surface area contributed by atoms with Crippen LogP contribution in [0.2, 0.25) is 0 Å². The first-order valence-corrected chi connectivity index (χ1v) is 38.6. The molecular weight excluding hydrogens is 1350 g/mol. The molecule has 0 radical (unpaired) electrons. The Balaban J connectivity index is 1.03. The summed E-state index contributed by atoms with van der Waals surface area (Å²) >= 11 is 0. The lowest BCUT2D eigenvalue weighted by Gasteiger charge is -2.45. The molecule has 5 nitrogen and oxygen atoms in total. The van der Waals surface area contributed by atoms with Gasteiger partial charge in [0.15, 0.2) is 0 Å². The molecule has 15 aromatic carbocycles. The van der Waals surface area contributed by atoms with Crippen molar-refractivity contribution in [1.82, 2.24) is 13.5 Å². The number of anilines is 6. The Morgan fingerprint density at radius 1 is 0.259 bits per heavy atom. The zero-order valence-corrected chi connectivity index (χ0v) is 64.6. The van der Waals surface area contributed by atoms with Crippen LogP contribution in [0.4, 0.5) is 34.1 Å². The van der Waals surface area contributed by atoms with Crippen LogP contribution in [0, 0.1) is 0 Å². The highest BCUT2D eigenvalue weighted by Gasteiger charge is 2.46. The van der Waals surface area contributed by atoms with Gasteiger partial charge in [-0.1, -0.05) is 325 Å². The van der Waals surface area contributed by atoms with Crippen LogP contribution in [0.15, 0.2) is 315 Å². The zero-order valence-electron chi connectivity index (χ0n) is 80.6. The highest BCUT2D eigenvalue weighted by Crippen LogP contribution is 2.53. The van der Waals surface area contributed by atoms with Gasteiger partial charge in [-0.2, -0.15) is 0 Å². The number of benzene rings is 15. The van der Waals surface area contributed by atoms with Gasteiger partial charge in [-0.3, -0.25) is 0 Å². The van der Waals surface area contributed by atoms with E-state index in [2.05, 4.69) is 273 Å². The van der Waals surface area contributed by atoms with Crippen LogP contribution in [0.1, 0.15) is 127 Å². The smallest absolute Gasteiger partial charge is 0.252 e. The maximum atomic E-state index is 10.3. The van der Waals surface area contributed by atoms with Gasteiger partial charge in [0, 0.05) is 82.7 Å². The number of hydrogen-bond donors (Lipinski definition) is 0. The fraction of sp³-hybridized carbons (Fsp3) is 0.151. The average molecular weight is 1460 g/mol. The van der Waals surface area contributed by atoms with Gasteiger partial charge >= 0.3 is 0 Å². The van der Waals surface area contributed by atoms with Gasteiger partial charge in [-0.15, -0.1) is 0 Å². The molecule has 0 amide bonds. The molecule has 6 heterocycles. The van der Waals surface area contributed by atoms with E-state index >= 15 is 0 Å². The van der Waals surface area contributed by atoms with Crippen molar-refractivity contribution in [2.75, 3.05) is 9.80 Å². The molecule has 0 unspecified atom stereocenters. The molecular formula is C106H88BN5. The fourth-order valence-electron chi connectivity index (χ4n) is 18.1. The molecule has 0 saturated heterocycles. The maximum Gasteiger partial charge on any atom is 0.252 e. The van der Waals surface area contributed by atoms with Crippen LogP contribution in [0.3, 0.4) is 0 Å². The Labute approximate surface area is 678 Å². The van der Waals surface area contributed by atoms with Crippen molar-refractivity contribution >= 4 is 160 Å². The van der Waals surface area contributed by atoms with Gasteiger partial charge < -0.3 is 23.3 Å². The average Bonchev–Trinajstić information content (AvgIpc) is 1.19. The summed E-state index contributed by atoms with van der Waals surface area (Å²) in [5.74, 6) is 0. The van der Waals surface area contributed by atoms with E-state index in [9.17, 15) is 21.9 Å². The molecule has 540 valence electrons. The Hall–Kier alpha value is -12.6. The molecule has 0 N–H and O–H groups in total. The first-order valence-electron chi connectivity index (χ1n) is 46.6. The van der Waals surface area contributed by atoms with E-state index in [0.717, 1.165) is 132 Å². The molecule has 4 aromatic heterocycles. The van der Waals surface area contributed by atoms with Crippen molar-refractivity contribution in [2.24, 2.45) is 0 Å². The number of nitrogens with zero attached hydrogens (tertiary/aromatic N) is 5. The second-order valence-corrected chi connectivity index (χ2v) is 34.5. The maximum absolute atomic E-state index is 10.3. The van der Waals surface area contributed by atoms with Crippen molar-refractivity contribution in [3.05, 3.63) is 337 Å². The minimum Gasteiger partial charge on any atom is -0.311 e. The molecule has 19 aromatic rings. The number of aromatic nitrogens is 3. The summed E-state index contributed by atoms with van der Waals surface area (Å²) in [6.45, 7) is 25.7. The predicted molar refractivity (Wildman–Crippen MR) is 482 cm³/mol. The molecule has 0 spiro atoms. The molecule has 0 atom stereocenters. The van der Waals surface area contributed by atoms with Gasteiger partial charge in [-0.25, -0.2) is 0 Å². The molecule has 0 bridgehead atoms. The number of hydrogen-bond acceptors (Lipinski definition) is 2. The van der Waals surface area contributed by atoms with Crippen LogP contribution in [-0.2, 0) is 21.7 Å². The van der Waals surface area contributed by atoms with Crippen molar-refractivity contribution in [3.63, 3.8) is 0 Å². The van der Waals surface area contributed by atoms with E-state index in [4.69, 9.17) is 0 Å². The first kappa shape index (κ1) is 52.5. The monoisotopic (exact) mass is 1460 g/mol. The lowest BCUT2D eigenvalue weighted by molar-refractivity contribution is 0.568. The van der Waals surface area contributed by atoms with Crippen LogP contribution >= 0.6 is 0 Å². The third kappa shape index (κ3) is 10.2. The third-order valence-electron chi connectivity index (χ3n) is 23.6. The van der Waals surface area contributed by atoms with Crippen molar-refractivity contribution in [1.29, 1.82) is 0 Å². The normalized spacial score (nSPS) is 15.3. The van der Waals surface area contributed by atoms with Crippen molar-refractivity contribution in [3.8, 4) is 33.6 Å². The van der Waals surface area contributed by atoms with Gasteiger partial charge in [0.1, 0.15) is 0 Å². The largest absolute Gasteiger partial charge is 0.311 e. The summed E-state index contributed by atoms with van der Waals surface area (Å²) in [5.41, 5.74) is 15.2. The van der Waals surface area contributed by atoms with Crippen LogP contribution in [-0.4, -0.2) is 20.2 Å². The van der Waals surface area contributed by atoms with Crippen LogP contribution < -0.4 is 26.2 Å². The molecule has 6 heteroatoms. The zero-order chi connectivity index (χ0) is 90.1. The third-order valence-corrected chi connectivity index (χ3v) is 23.6. The highest BCUT2D eigenvalue weighted by atomic mass is 15.2. The summed E-state index contributed by atoms with van der Waals surface area (Å²) in [6, 6.07) is 68.5. The van der Waals surface area contributed by atoms with Crippen LogP contribution in [0.25, 0.3) is 137 Å². The molecule has 112 heavy (non-hydrogen) atoms. The topological polar surface area (TPSA) is 20.8 Å². The molecule has 2 aliphatic heterocycles. The molecule has 0 saturated carbocycles. The summed E-state index contributed by atoms with van der Waals surface area (Å²) in [5, 5.41) is 7.52. The molecule has 0 fully saturated rings. The van der Waals surface area contributed by atoms with Gasteiger partial charge in [0.2, 0.25) is 0 Å². The fourth-order valence-corrected chi connectivity index (χ4v) is 18.1. The molecule has 0 aliphatic carbocycles. The SMILES string of the molecule is [2H]c1c([2H])c([2H])c2c(c1[2H])c1c([2H])c([2H])c([2H])c([2H])c1n2-c1ccc2c(c1)N(c1ccccc1-c1cc(C(C)(C)C)cc(C(C)(C)C)c1)c1cc(-n3c4c([2H])c([2H])c([2H])c([2H])c4c4c([2H])c([2H])c([2H])c([2H])c43)cc3c1B2c1cc2c4ccccc4c4ccccc4c4cccc5c6ccccc6n(c2cc1N3c1ccccc1-c1cc(C(C)(C)C)cc(C(C)(C)C)c1)c45. The summed E-state index contributed by atoms with van der Waals surface area (Å²) in [7, 11) is 0. The van der Waals surface area contributed by atoms with E-state index in [-0.39, 0.29) is 76.6 Å². The van der Waals surface area contributed by atoms with E-state index < -0.39 is 103 Å². The van der Waals surface area contributed by atoms with E-state index in [1.54, 1.807) is 9.13 Å². The van der Waals surface area contributed by atoms with E-state index in [1.807, 2.05) is 42.5 Å². The Kier molecular flexibility index (Phi) is 11.4. The Bertz CT molecular complexity index is 8080. The Morgan fingerprint density at radius 2 is 0.625 bits per heavy atom. The van der Waals surface area contributed by atoms with Gasteiger partial charge in [0.05, 0.1) is 77.6 Å². The second-order valence-electron chi connectivity index (χ2n) is 34.5. The number of para-hydroxylation sites is 8. The molecule has 2 aliphatic rings. The standard InChI is InChI=1S/C106H88BN5/c1-103(2,3)67-54-65(55-68(58-67)104(4,5)6)73-32-17-24-45-89(73)110-97-60-71(108-91-47-26-19-38-79(91)80-39-20-27-48-92(80)108)52-53-87(97)107-88-63-86-78-37-16-14-35-76(78)75-34-13-15-36-77(75)84-43-31-44-85-83-42-23-30-51-95(83)112(102(84)85)96(86)64-98(88)111(90-46-25-18-33-74(90)66-56-69(105(7,8)9)59-70(57-66)106(10,11)12)100-62-72(61-99(110)101(100)107)109-93-49-28-21-40-81(93)82-41-22-29-50-94(82)109/h13-64H,1-12H3/i19D,20D,21D,22D,26D,27D,28D,29D,38D,39D,40D,41D,47D,48D,49D,50D. The molecule has 21 rings (SSSR count). The Morgan fingerprint density at radius 3 is 1.09 bits per heavy atom. The predicted octanol–water partition coefficient (Wildman–Crippen LogP) is 27.1. The van der Waals surface area contributed by atoms with Crippen molar-refractivity contribution < 1.29 is 21.9 Å². The van der Waals surface area contributed by atoms with E-state index in [1.165, 1.54) is 0 Å². The lowest BCUT2D eigenvalue weighted by atomic mass is 9.33. The summed E-state index contributed by atoms with van der Waals surface area (Å²) in [4.78, 5) is 4.53. The van der Waals surface area contributed by atoms with Gasteiger partial charge in [0.25, 0.3) is 6.71 Å². The first-order chi connectivity index (χ1) is 60.8. The van der Waals surface area contributed by atoms with Gasteiger partial charge in [-0.05, 0) is 166 Å². The summed E-state index contributed by atoms with van der Waals surface area (Å²) in [6.07, 6.45) is 0. The number of rotatable bonds is 6. The highest BCUT2D eigenvalue weighted by molar-refractivity contribution is 7.00.